The van der Waals surface area contributed by atoms with Gasteiger partial charge >= 0.3 is 6.09 Å². The number of aliphatic hydroxyl groups excluding tert-OH is 1. The van der Waals surface area contributed by atoms with Gasteiger partial charge in [0.05, 0.1) is 57.9 Å². The summed E-state index contributed by atoms with van der Waals surface area (Å²) in [4.78, 5) is 13.3. The van der Waals surface area contributed by atoms with Crippen LogP contribution in [0.5, 0.6) is 0 Å². The van der Waals surface area contributed by atoms with Crippen LogP contribution in [0.25, 0.3) is 0 Å². The molecule has 0 bridgehead atoms. The van der Waals surface area contributed by atoms with Crippen molar-refractivity contribution in [2.45, 2.75) is 147 Å². The molecular weight excluding hydrogens is 787 g/mol. The zero-order chi connectivity index (χ0) is 43.9. The minimum Gasteiger partial charge on any atom is -0.444 e. The molecule has 10 nitrogen and oxygen atoms in total. The second-order valence-corrected chi connectivity index (χ2v) is 23.3. The predicted octanol–water partition coefficient (Wildman–Crippen LogP) is 9.78. The Kier molecular flexibility index (Phi) is 18.1. The number of hydrogen-bond donors (Lipinski definition) is 2. The molecule has 5 rings (SSSR count). The SMILES string of the molecule is CC(C)(C)OC(=O)N[C@@H](CC[C@H]1O[C@H](COCc2ccccc2)[C@H](OCc2ccccc2)[C@H](OCc2ccccc2)[C@H]1OCc1ccccc1)[C@H](O)CO[Si](C)(C)C(C)(C)C. The lowest BCUT2D eigenvalue weighted by molar-refractivity contribution is -0.274. The number of hydrogen-bond acceptors (Lipinski definition) is 9. The van der Waals surface area contributed by atoms with E-state index >= 15 is 0 Å². The third-order valence-electron chi connectivity index (χ3n) is 11.3. The summed E-state index contributed by atoms with van der Waals surface area (Å²) in [7, 11) is -2.23. The highest BCUT2D eigenvalue weighted by Gasteiger charge is 2.49. The Morgan fingerprint density at radius 2 is 1.08 bits per heavy atom. The lowest BCUT2D eigenvalue weighted by atomic mass is 9.90. The molecule has 1 amide bonds. The summed E-state index contributed by atoms with van der Waals surface area (Å²) in [6, 6.07) is 39.4. The average Bonchev–Trinajstić information content (AvgIpc) is 3.23. The standard InChI is InChI=1S/C50H69NO9Si/c1-49(2,3)60-48(53)51-41(42(52)35-58-61(7,8)50(4,5)6)29-30-43-45(55-32-38-23-15-10-16-24-38)47(57-34-40-27-19-12-20-28-40)46(56-33-39-25-17-11-18-26-39)44(59-43)36-54-31-37-21-13-9-14-22-37/h9-28,41-47,52H,29-36H2,1-8H3,(H,51,53)/t41-,42+,43+,44+,45-,46-,47+/m0/s1. The van der Waals surface area contributed by atoms with E-state index < -0.39 is 62.7 Å². The number of nitrogens with one attached hydrogen (secondary N) is 1. The van der Waals surface area contributed by atoms with Crippen LogP contribution in [0.3, 0.4) is 0 Å². The van der Waals surface area contributed by atoms with Crippen LogP contribution in [0.1, 0.15) is 76.6 Å². The summed E-state index contributed by atoms with van der Waals surface area (Å²) in [6.07, 6.45) is -3.82. The van der Waals surface area contributed by atoms with Gasteiger partial charge in [-0.15, -0.1) is 0 Å². The summed E-state index contributed by atoms with van der Waals surface area (Å²) in [6.45, 7) is 17.8. The molecule has 0 aromatic heterocycles. The smallest absolute Gasteiger partial charge is 0.407 e. The fraction of sp³-hybridized carbons (Fsp3) is 0.500. The Labute approximate surface area is 365 Å². The Hall–Kier alpha value is -3.91. The van der Waals surface area contributed by atoms with E-state index in [1.807, 2.05) is 142 Å². The number of amides is 1. The van der Waals surface area contributed by atoms with E-state index in [1.165, 1.54) is 0 Å². The number of ether oxygens (including phenoxy) is 6. The first kappa shape index (κ1) is 48.1. The maximum Gasteiger partial charge on any atom is 0.407 e. The average molecular weight is 856 g/mol. The Morgan fingerprint density at radius 1 is 0.656 bits per heavy atom. The first-order valence-electron chi connectivity index (χ1n) is 21.6. The van der Waals surface area contributed by atoms with Crippen molar-refractivity contribution in [3.8, 4) is 0 Å². The summed E-state index contributed by atoms with van der Waals surface area (Å²) in [5, 5.41) is 14.7. The van der Waals surface area contributed by atoms with Gasteiger partial charge in [0.2, 0.25) is 0 Å². The maximum absolute atomic E-state index is 13.3. The van der Waals surface area contributed by atoms with Crippen molar-refractivity contribution < 1.29 is 42.7 Å². The molecule has 4 aromatic carbocycles. The second kappa shape index (κ2) is 23.0. The van der Waals surface area contributed by atoms with Gasteiger partial charge in [-0.25, -0.2) is 4.79 Å². The van der Waals surface area contributed by atoms with Crippen LogP contribution in [0.15, 0.2) is 121 Å². The van der Waals surface area contributed by atoms with Gasteiger partial charge in [0.15, 0.2) is 8.32 Å². The molecular formula is C50H69NO9Si. The van der Waals surface area contributed by atoms with E-state index in [9.17, 15) is 9.90 Å². The lowest BCUT2D eigenvalue weighted by Gasteiger charge is -2.46. The van der Waals surface area contributed by atoms with Crippen molar-refractivity contribution in [1.29, 1.82) is 0 Å². The van der Waals surface area contributed by atoms with Crippen LogP contribution in [-0.4, -0.2) is 81.0 Å². The highest BCUT2D eigenvalue weighted by Crippen LogP contribution is 2.37. The van der Waals surface area contributed by atoms with E-state index in [0.717, 1.165) is 22.3 Å². The van der Waals surface area contributed by atoms with Gasteiger partial charge in [-0.05, 0) is 74.0 Å². The van der Waals surface area contributed by atoms with Gasteiger partial charge in [0.1, 0.15) is 30.0 Å². The molecule has 61 heavy (non-hydrogen) atoms. The van der Waals surface area contributed by atoms with Crippen molar-refractivity contribution in [3.63, 3.8) is 0 Å². The van der Waals surface area contributed by atoms with Crippen LogP contribution in [-0.2, 0) is 59.3 Å². The van der Waals surface area contributed by atoms with Gasteiger partial charge in [0, 0.05) is 0 Å². The van der Waals surface area contributed by atoms with E-state index in [1.54, 1.807) is 0 Å². The van der Waals surface area contributed by atoms with Gasteiger partial charge in [-0.2, -0.15) is 0 Å². The van der Waals surface area contributed by atoms with E-state index in [4.69, 9.17) is 32.8 Å². The number of rotatable bonds is 21. The molecule has 4 aromatic rings. The highest BCUT2D eigenvalue weighted by molar-refractivity contribution is 6.74. The van der Waals surface area contributed by atoms with Crippen LogP contribution in [0.4, 0.5) is 4.79 Å². The molecule has 0 unspecified atom stereocenters. The van der Waals surface area contributed by atoms with Crippen LogP contribution in [0.2, 0.25) is 18.1 Å². The number of aliphatic hydroxyl groups is 1. The summed E-state index contributed by atoms with van der Waals surface area (Å²) in [5.74, 6) is 0. The third kappa shape index (κ3) is 15.7. The summed E-state index contributed by atoms with van der Waals surface area (Å²) in [5.41, 5.74) is 3.34. The first-order chi connectivity index (χ1) is 29.1. The maximum atomic E-state index is 13.3. The molecule has 11 heteroatoms. The summed E-state index contributed by atoms with van der Waals surface area (Å²) >= 11 is 0. The van der Waals surface area contributed by atoms with Crippen molar-refractivity contribution in [1.82, 2.24) is 5.32 Å². The number of carbonyl (C=O) groups excluding carboxylic acids is 1. The molecule has 0 saturated carbocycles. The third-order valence-corrected chi connectivity index (χ3v) is 15.8. The topological polar surface area (TPSA) is 114 Å². The lowest BCUT2D eigenvalue weighted by Crippen LogP contribution is -2.61. The van der Waals surface area contributed by atoms with Crippen molar-refractivity contribution in [2.75, 3.05) is 13.2 Å². The van der Waals surface area contributed by atoms with Gasteiger partial charge in [-0.1, -0.05) is 142 Å². The van der Waals surface area contributed by atoms with Gasteiger partial charge in [-0.3, -0.25) is 0 Å². The largest absolute Gasteiger partial charge is 0.444 e. The molecule has 2 N–H and O–H groups in total. The summed E-state index contributed by atoms with van der Waals surface area (Å²) < 4.78 is 46.3. The fourth-order valence-electron chi connectivity index (χ4n) is 6.91. The Bertz CT molecular complexity index is 1840. The molecule has 0 spiro atoms. The zero-order valence-corrected chi connectivity index (χ0v) is 38.5. The molecule has 1 aliphatic rings. The van der Waals surface area contributed by atoms with E-state index in [0.29, 0.717) is 39.3 Å². The second-order valence-electron chi connectivity index (χ2n) is 18.5. The Balaban J connectivity index is 1.48. The molecule has 1 aliphatic heterocycles. The van der Waals surface area contributed by atoms with Crippen LogP contribution in [0, 0.1) is 0 Å². The fourth-order valence-corrected chi connectivity index (χ4v) is 7.93. The number of benzene rings is 4. The van der Waals surface area contributed by atoms with Crippen molar-refractivity contribution in [3.05, 3.63) is 144 Å². The quantitative estimate of drug-likeness (QED) is 0.0791. The Morgan fingerprint density at radius 3 is 1.52 bits per heavy atom. The minimum atomic E-state index is -2.23. The predicted molar refractivity (Wildman–Crippen MR) is 241 cm³/mol. The van der Waals surface area contributed by atoms with Crippen molar-refractivity contribution >= 4 is 14.4 Å². The van der Waals surface area contributed by atoms with Crippen molar-refractivity contribution in [2.24, 2.45) is 0 Å². The zero-order valence-electron chi connectivity index (χ0n) is 37.5. The monoisotopic (exact) mass is 855 g/mol. The van der Waals surface area contributed by atoms with Crippen LogP contribution < -0.4 is 5.32 Å². The van der Waals surface area contributed by atoms with Gasteiger partial charge < -0.3 is 43.3 Å². The molecule has 1 fully saturated rings. The minimum absolute atomic E-state index is 0.0601. The molecule has 1 saturated heterocycles. The molecule has 0 aliphatic carbocycles. The molecule has 0 radical (unpaired) electrons. The molecule has 1 heterocycles. The highest BCUT2D eigenvalue weighted by atomic mass is 28.4. The number of carbonyl (C=O) groups is 1. The van der Waals surface area contributed by atoms with E-state index in [2.05, 4.69) is 39.2 Å². The first-order valence-corrected chi connectivity index (χ1v) is 24.5. The molecule has 332 valence electrons. The molecule has 7 atom stereocenters. The normalized spacial score (nSPS) is 20.8. The van der Waals surface area contributed by atoms with E-state index in [-0.39, 0.29) is 18.3 Å². The van der Waals surface area contributed by atoms with Gasteiger partial charge in [0.25, 0.3) is 0 Å². The number of alkyl carbamates (subject to hydrolysis) is 1. The van der Waals surface area contributed by atoms with Crippen LogP contribution >= 0.6 is 0 Å².